The highest BCUT2D eigenvalue weighted by Crippen LogP contribution is 2.23. The van der Waals surface area contributed by atoms with Gasteiger partial charge in [-0.2, -0.15) is 0 Å². The van der Waals surface area contributed by atoms with Crippen LogP contribution < -0.4 is 11.3 Å². The molecular weight excluding hydrogens is 224 g/mol. The number of nitrogens with two attached hydrogens (primary N) is 1. The molecule has 0 bridgehead atoms. The lowest BCUT2D eigenvalue weighted by molar-refractivity contribution is 0.0276. The molecule has 3 heteroatoms. The van der Waals surface area contributed by atoms with Gasteiger partial charge in [-0.25, -0.2) is 0 Å². The summed E-state index contributed by atoms with van der Waals surface area (Å²) in [7, 11) is 0. The zero-order valence-electron chi connectivity index (χ0n) is 11.8. The minimum atomic E-state index is 0.0661. The summed E-state index contributed by atoms with van der Waals surface area (Å²) < 4.78 is 5.82. The quantitative estimate of drug-likeness (QED) is 0.551. The minimum Gasteiger partial charge on any atom is -0.376 e. The van der Waals surface area contributed by atoms with Crippen molar-refractivity contribution in [2.24, 2.45) is 5.84 Å². The maximum Gasteiger partial charge on any atom is 0.0782 e. The number of hydrazine groups is 1. The van der Waals surface area contributed by atoms with Gasteiger partial charge in [-0.1, -0.05) is 44.5 Å². The zero-order valence-corrected chi connectivity index (χ0v) is 11.8. The van der Waals surface area contributed by atoms with Crippen LogP contribution in [0.3, 0.4) is 0 Å². The molecule has 0 aliphatic carbocycles. The number of aryl methyl sites for hydroxylation is 1. The van der Waals surface area contributed by atoms with E-state index in [-0.39, 0.29) is 12.1 Å². The molecule has 0 radical (unpaired) electrons. The Bertz CT molecular complexity index is 335. The van der Waals surface area contributed by atoms with E-state index in [0.29, 0.717) is 0 Å². The fourth-order valence-electron chi connectivity index (χ4n) is 2.27. The van der Waals surface area contributed by atoms with Crippen LogP contribution in [0.15, 0.2) is 24.3 Å². The molecule has 0 aliphatic rings. The smallest absolute Gasteiger partial charge is 0.0782 e. The van der Waals surface area contributed by atoms with Crippen molar-refractivity contribution in [3.63, 3.8) is 0 Å². The fourth-order valence-corrected chi connectivity index (χ4v) is 2.27. The van der Waals surface area contributed by atoms with E-state index in [9.17, 15) is 0 Å². The van der Waals surface area contributed by atoms with Crippen molar-refractivity contribution >= 4 is 0 Å². The second-order valence-electron chi connectivity index (χ2n) is 4.53. The normalized spacial score (nSPS) is 14.4. The predicted octanol–water partition coefficient (Wildman–Crippen LogP) is 2.96. The predicted molar refractivity (Wildman–Crippen MR) is 76.2 cm³/mol. The van der Waals surface area contributed by atoms with E-state index in [0.717, 1.165) is 25.9 Å². The SMILES string of the molecule is CCCC(OCC)C(NN)c1cccc(CC)c1. The molecule has 0 saturated heterocycles. The highest BCUT2D eigenvalue weighted by Gasteiger charge is 2.21. The Kier molecular flexibility index (Phi) is 6.94. The topological polar surface area (TPSA) is 47.3 Å². The molecule has 0 fully saturated rings. The third-order valence-electron chi connectivity index (χ3n) is 3.22. The van der Waals surface area contributed by atoms with Gasteiger partial charge in [0, 0.05) is 6.61 Å². The van der Waals surface area contributed by atoms with Gasteiger partial charge in [0.1, 0.15) is 0 Å². The molecule has 0 heterocycles. The van der Waals surface area contributed by atoms with Gasteiger partial charge in [0.2, 0.25) is 0 Å². The van der Waals surface area contributed by atoms with Crippen molar-refractivity contribution in [1.82, 2.24) is 5.43 Å². The number of hydrogen-bond acceptors (Lipinski definition) is 3. The molecule has 3 N–H and O–H groups in total. The first-order chi connectivity index (χ1) is 8.76. The first-order valence-corrected chi connectivity index (χ1v) is 6.93. The Morgan fingerprint density at radius 1 is 1.28 bits per heavy atom. The lowest BCUT2D eigenvalue weighted by Crippen LogP contribution is -2.38. The molecule has 102 valence electrons. The molecule has 0 amide bonds. The molecule has 0 aliphatic heterocycles. The molecule has 0 spiro atoms. The number of ether oxygens (including phenoxy) is 1. The van der Waals surface area contributed by atoms with Gasteiger partial charge < -0.3 is 4.74 Å². The van der Waals surface area contributed by atoms with Crippen LogP contribution >= 0.6 is 0 Å². The number of rotatable bonds is 8. The summed E-state index contributed by atoms with van der Waals surface area (Å²) in [5, 5.41) is 0. The fraction of sp³-hybridized carbons (Fsp3) is 0.600. The second kappa shape index (κ2) is 8.25. The standard InChI is InChI=1S/C15H26N2O/c1-4-8-14(18-6-3)15(17-16)13-10-7-9-12(5-2)11-13/h7,9-11,14-15,17H,4-6,8,16H2,1-3H3. The van der Waals surface area contributed by atoms with Crippen molar-refractivity contribution in [3.05, 3.63) is 35.4 Å². The summed E-state index contributed by atoms with van der Waals surface area (Å²) >= 11 is 0. The van der Waals surface area contributed by atoms with Gasteiger partial charge in [0.25, 0.3) is 0 Å². The molecule has 3 nitrogen and oxygen atoms in total. The van der Waals surface area contributed by atoms with E-state index in [1.807, 2.05) is 6.92 Å². The molecule has 0 saturated carbocycles. The van der Waals surface area contributed by atoms with E-state index in [1.165, 1.54) is 11.1 Å². The zero-order chi connectivity index (χ0) is 13.4. The van der Waals surface area contributed by atoms with Gasteiger partial charge in [-0.3, -0.25) is 11.3 Å². The summed E-state index contributed by atoms with van der Waals surface area (Å²) in [6, 6.07) is 8.63. The van der Waals surface area contributed by atoms with Crippen LogP contribution in [0, 0.1) is 0 Å². The maximum absolute atomic E-state index is 5.82. The Balaban J connectivity index is 2.90. The molecule has 2 atom stereocenters. The first kappa shape index (κ1) is 15.2. The van der Waals surface area contributed by atoms with E-state index in [4.69, 9.17) is 10.6 Å². The van der Waals surface area contributed by atoms with Gasteiger partial charge in [0.15, 0.2) is 0 Å². The van der Waals surface area contributed by atoms with Crippen molar-refractivity contribution < 1.29 is 4.74 Å². The van der Waals surface area contributed by atoms with Gasteiger partial charge in [-0.05, 0) is 30.9 Å². The summed E-state index contributed by atoms with van der Waals surface area (Å²) in [5.41, 5.74) is 5.46. The average Bonchev–Trinajstić information content (AvgIpc) is 2.40. The van der Waals surface area contributed by atoms with Gasteiger partial charge in [-0.15, -0.1) is 0 Å². The first-order valence-electron chi connectivity index (χ1n) is 6.93. The lowest BCUT2D eigenvalue weighted by atomic mass is 9.96. The average molecular weight is 250 g/mol. The summed E-state index contributed by atoms with van der Waals surface area (Å²) in [4.78, 5) is 0. The third-order valence-corrected chi connectivity index (χ3v) is 3.22. The molecular formula is C15H26N2O. The monoisotopic (exact) mass is 250 g/mol. The van der Waals surface area contributed by atoms with Crippen LogP contribution in [0.4, 0.5) is 0 Å². The Morgan fingerprint density at radius 2 is 2.06 bits per heavy atom. The highest BCUT2D eigenvalue weighted by atomic mass is 16.5. The van der Waals surface area contributed by atoms with Gasteiger partial charge in [0.05, 0.1) is 12.1 Å². The Labute approximate surface area is 111 Å². The van der Waals surface area contributed by atoms with Crippen LogP contribution in [0.25, 0.3) is 0 Å². The van der Waals surface area contributed by atoms with Crippen molar-refractivity contribution in [3.8, 4) is 0 Å². The van der Waals surface area contributed by atoms with Crippen molar-refractivity contribution in [2.75, 3.05) is 6.61 Å². The molecule has 1 aromatic carbocycles. The van der Waals surface area contributed by atoms with Crippen molar-refractivity contribution in [1.29, 1.82) is 0 Å². The van der Waals surface area contributed by atoms with Crippen LogP contribution in [-0.4, -0.2) is 12.7 Å². The van der Waals surface area contributed by atoms with Crippen molar-refractivity contribution in [2.45, 2.75) is 52.2 Å². The van der Waals surface area contributed by atoms with Crippen LogP contribution in [-0.2, 0) is 11.2 Å². The van der Waals surface area contributed by atoms with E-state index < -0.39 is 0 Å². The summed E-state index contributed by atoms with van der Waals surface area (Å²) in [6.07, 6.45) is 3.28. The Morgan fingerprint density at radius 3 is 2.61 bits per heavy atom. The number of benzene rings is 1. The molecule has 0 aromatic heterocycles. The molecule has 18 heavy (non-hydrogen) atoms. The van der Waals surface area contributed by atoms with E-state index in [1.54, 1.807) is 0 Å². The van der Waals surface area contributed by atoms with Crippen LogP contribution in [0.1, 0.15) is 50.8 Å². The molecule has 1 aromatic rings. The molecule has 1 rings (SSSR count). The summed E-state index contributed by atoms with van der Waals surface area (Å²) in [6.45, 7) is 7.08. The second-order valence-corrected chi connectivity index (χ2v) is 4.53. The number of hydrogen-bond donors (Lipinski definition) is 2. The minimum absolute atomic E-state index is 0.0661. The third kappa shape index (κ3) is 4.09. The highest BCUT2D eigenvalue weighted by molar-refractivity contribution is 5.26. The van der Waals surface area contributed by atoms with Crippen LogP contribution in [0.5, 0.6) is 0 Å². The number of nitrogens with one attached hydrogen (secondary N) is 1. The lowest BCUT2D eigenvalue weighted by Gasteiger charge is -2.27. The Hall–Kier alpha value is -0.900. The van der Waals surface area contributed by atoms with E-state index in [2.05, 4.69) is 43.5 Å². The summed E-state index contributed by atoms with van der Waals surface area (Å²) in [5.74, 6) is 5.73. The largest absolute Gasteiger partial charge is 0.376 e. The maximum atomic E-state index is 5.82. The van der Waals surface area contributed by atoms with Crippen LogP contribution in [0.2, 0.25) is 0 Å². The van der Waals surface area contributed by atoms with E-state index >= 15 is 0 Å². The molecule has 2 unspecified atom stereocenters. The van der Waals surface area contributed by atoms with Gasteiger partial charge >= 0.3 is 0 Å².